The zero-order valence-corrected chi connectivity index (χ0v) is 7.39. The molecule has 0 unspecified atom stereocenters. The van der Waals surface area contributed by atoms with Gasteiger partial charge in [-0.2, -0.15) is 0 Å². The number of benzene rings is 1. The lowest BCUT2D eigenvalue weighted by Gasteiger charge is -1.97. The number of aromatic nitrogens is 1. The van der Waals surface area contributed by atoms with E-state index < -0.39 is 0 Å². The van der Waals surface area contributed by atoms with Crippen LogP contribution in [0.25, 0.3) is 10.9 Å². The minimum Gasteiger partial charge on any atom is -0.358 e. The molecule has 1 nitrogen and oxygen atoms in total. The van der Waals surface area contributed by atoms with E-state index in [4.69, 9.17) is 0 Å². The molecule has 2 rings (SSSR count). The molecule has 0 amide bonds. The van der Waals surface area contributed by atoms with Gasteiger partial charge in [-0.25, -0.2) is 0 Å². The number of rotatable bonds is 1. The number of hydrogen-bond donors (Lipinski definition) is 1. The summed E-state index contributed by atoms with van der Waals surface area (Å²) in [5.74, 6) is 0.525. The van der Waals surface area contributed by atoms with E-state index in [2.05, 4.69) is 37.0 Å². The van der Waals surface area contributed by atoms with E-state index >= 15 is 0 Å². The van der Waals surface area contributed by atoms with Gasteiger partial charge < -0.3 is 4.98 Å². The van der Waals surface area contributed by atoms with Crippen LogP contribution in [-0.4, -0.2) is 4.98 Å². The van der Waals surface area contributed by atoms with Gasteiger partial charge in [0.25, 0.3) is 0 Å². The van der Waals surface area contributed by atoms with Gasteiger partial charge in [0.2, 0.25) is 0 Å². The summed E-state index contributed by atoms with van der Waals surface area (Å²) in [7, 11) is 0. The molecule has 0 atom stereocenters. The van der Waals surface area contributed by atoms with E-state index in [1.54, 1.807) is 0 Å². The molecule has 61 valence electrons. The van der Waals surface area contributed by atoms with Crippen molar-refractivity contribution in [3.63, 3.8) is 0 Å². The van der Waals surface area contributed by atoms with Crippen LogP contribution in [0.4, 0.5) is 0 Å². The summed E-state index contributed by atoms with van der Waals surface area (Å²) >= 11 is 0. The second-order valence-corrected chi connectivity index (χ2v) is 3.36. The molecular weight excluding hydrogens is 146 g/mol. The Bertz CT molecular complexity index is 352. The third-order valence-electron chi connectivity index (χ3n) is 2.04. The molecule has 1 aromatic carbocycles. The van der Waals surface area contributed by atoms with Crippen molar-refractivity contribution in [2.75, 3.05) is 0 Å². The third-order valence-corrected chi connectivity index (χ3v) is 2.04. The zero-order chi connectivity index (χ0) is 8.55. The Morgan fingerprint density at radius 3 is 2.67 bits per heavy atom. The van der Waals surface area contributed by atoms with Crippen molar-refractivity contribution in [1.82, 2.24) is 4.98 Å². The Kier molecular flexibility index (Phi) is 1.65. The molecule has 12 heavy (non-hydrogen) atoms. The van der Waals surface area contributed by atoms with Crippen LogP contribution < -0.4 is 0 Å². The van der Waals surface area contributed by atoms with Crippen molar-refractivity contribution in [2.45, 2.75) is 19.8 Å². The first-order chi connectivity index (χ1) is 5.77. The first-order valence-electron chi connectivity index (χ1n) is 4.27. The predicted molar refractivity (Wildman–Crippen MR) is 51.2 cm³/mol. The quantitative estimate of drug-likeness (QED) is 0.656. The predicted octanol–water partition coefficient (Wildman–Crippen LogP) is 3.09. The summed E-state index contributed by atoms with van der Waals surface area (Å²) in [4.78, 5) is 3.34. The number of hydrogen-bond acceptors (Lipinski definition) is 0. The Hall–Kier alpha value is -1.24. The maximum absolute atomic E-state index is 3.34. The lowest BCUT2D eigenvalue weighted by molar-refractivity contribution is 0.835. The first-order valence-corrected chi connectivity index (χ1v) is 4.27. The number of H-pyrrole nitrogens is 1. The molecule has 1 heterocycles. The average molecular weight is 158 g/mol. The van der Waals surface area contributed by atoms with Crippen LogP contribution in [0.2, 0.25) is 0 Å². The first kappa shape index (κ1) is 7.41. The summed E-state index contributed by atoms with van der Waals surface area (Å²) < 4.78 is 0. The van der Waals surface area contributed by atoms with E-state index in [0.29, 0.717) is 5.92 Å². The summed E-state index contributed by atoms with van der Waals surface area (Å²) in [6, 6.07) is 11.6. The van der Waals surface area contributed by atoms with Crippen LogP contribution in [-0.2, 0) is 0 Å². The van der Waals surface area contributed by atoms with E-state index in [1.165, 1.54) is 16.6 Å². The fourth-order valence-electron chi connectivity index (χ4n) is 1.31. The second kappa shape index (κ2) is 2.67. The van der Waals surface area contributed by atoms with Gasteiger partial charge in [-0.1, -0.05) is 32.0 Å². The van der Waals surface area contributed by atoms with Crippen LogP contribution in [0.1, 0.15) is 25.5 Å². The van der Waals surface area contributed by atoms with Gasteiger partial charge in [0.15, 0.2) is 0 Å². The van der Waals surface area contributed by atoms with Crippen LogP contribution >= 0.6 is 0 Å². The smallest absolute Gasteiger partial charge is 0.0462 e. The molecule has 0 aliphatic carbocycles. The number of nitrogens with one attached hydrogen (secondary N) is 1. The van der Waals surface area contributed by atoms with Crippen molar-refractivity contribution < 1.29 is 0 Å². The monoisotopic (exact) mass is 158 g/mol. The van der Waals surface area contributed by atoms with Crippen LogP contribution in [0.3, 0.4) is 0 Å². The van der Waals surface area contributed by atoms with Crippen molar-refractivity contribution in [2.24, 2.45) is 0 Å². The maximum atomic E-state index is 3.34. The Labute approximate surface area is 72.4 Å². The zero-order valence-electron chi connectivity index (χ0n) is 7.39. The van der Waals surface area contributed by atoms with E-state index in [9.17, 15) is 0 Å². The van der Waals surface area contributed by atoms with Gasteiger partial charge >= 0.3 is 0 Å². The Morgan fingerprint density at radius 2 is 2.00 bits per heavy atom. The maximum Gasteiger partial charge on any atom is 0.0462 e. The number of para-hydroxylation sites is 1. The molecule has 0 fully saturated rings. The topological polar surface area (TPSA) is 15.8 Å². The Balaban J connectivity index is 2.62. The SMILES string of the molecule is CC(C)c1[c]c2ccccc2[nH]1. The third kappa shape index (κ3) is 1.11. The van der Waals surface area contributed by atoms with Gasteiger partial charge in [-0.05, 0) is 12.0 Å². The largest absolute Gasteiger partial charge is 0.358 e. The molecule has 0 bridgehead atoms. The Morgan fingerprint density at radius 1 is 1.25 bits per heavy atom. The lowest BCUT2D eigenvalue weighted by Crippen LogP contribution is -1.84. The molecule has 0 aliphatic rings. The summed E-state index contributed by atoms with van der Waals surface area (Å²) in [6.07, 6.45) is 0. The van der Waals surface area contributed by atoms with Crippen molar-refractivity contribution in [3.05, 3.63) is 36.0 Å². The fourth-order valence-corrected chi connectivity index (χ4v) is 1.31. The average Bonchev–Trinajstić information content (AvgIpc) is 2.46. The van der Waals surface area contributed by atoms with Crippen LogP contribution in [0, 0.1) is 6.07 Å². The van der Waals surface area contributed by atoms with Gasteiger partial charge in [0.05, 0.1) is 0 Å². The van der Waals surface area contributed by atoms with Gasteiger partial charge in [0, 0.05) is 22.7 Å². The molecular formula is C11H12N. The number of aromatic amines is 1. The molecule has 0 spiro atoms. The molecule has 0 saturated carbocycles. The lowest BCUT2D eigenvalue weighted by atomic mass is 10.1. The summed E-state index contributed by atoms with van der Waals surface area (Å²) in [5.41, 5.74) is 2.37. The molecule has 2 aromatic rings. The minimum absolute atomic E-state index is 0.525. The molecule has 1 aromatic heterocycles. The number of fused-ring (bicyclic) bond motifs is 1. The highest BCUT2D eigenvalue weighted by molar-refractivity contribution is 5.79. The van der Waals surface area contributed by atoms with Crippen molar-refractivity contribution in [1.29, 1.82) is 0 Å². The van der Waals surface area contributed by atoms with E-state index in [0.717, 1.165) is 0 Å². The van der Waals surface area contributed by atoms with E-state index in [1.807, 2.05) is 12.1 Å². The fraction of sp³-hybridized carbons (Fsp3) is 0.273. The van der Waals surface area contributed by atoms with Crippen LogP contribution in [0.5, 0.6) is 0 Å². The highest BCUT2D eigenvalue weighted by Gasteiger charge is 2.02. The molecule has 1 N–H and O–H groups in total. The molecule has 0 saturated heterocycles. The van der Waals surface area contributed by atoms with Gasteiger partial charge in [-0.3, -0.25) is 0 Å². The summed E-state index contributed by atoms with van der Waals surface area (Å²) in [5, 5.41) is 1.18. The van der Waals surface area contributed by atoms with Gasteiger partial charge in [0.1, 0.15) is 0 Å². The normalized spacial score (nSPS) is 11.2. The molecule has 0 aliphatic heterocycles. The highest BCUT2D eigenvalue weighted by Crippen LogP contribution is 2.19. The highest BCUT2D eigenvalue weighted by atomic mass is 14.7. The van der Waals surface area contributed by atoms with Gasteiger partial charge in [-0.15, -0.1) is 0 Å². The summed E-state index contributed by atoms with van der Waals surface area (Å²) in [6.45, 7) is 4.34. The second-order valence-electron chi connectivity index (χ2n) is 3.36. The standard InChI is InChI=1S/C11H12N/c1-8(2)11-7-9-5-3-4-6-10(9)12-11/h3-6,8,12H,1-2H3. The van der Waals surface area contributed by atoms with Crippen LogP contribution in [0.15, 0.2) is 24.3 Å². The van der Waals surface area contributed by atoms with Crippen molar-refractivity contribution in [3.8, 4) is 0 Å². The van der Waals surface area contributed by atoms with E-state index in [-0.39, 0.29) is 0 Å². The minimum atomic E-state index is 0.525. The molecule has 1 heteroatoms. The van der Waals surface area contributed by atoms with Crippen molar-refractivity contribution >= 4 is 10.9 Å². The molecule has 1 radical (unpaired) electrons.